The molecule has 0 saturated heterocycles. The number of nitrogens with one attached hydrogen (secondary N) is 1. The molecule has 0 bridgehead atoms. The molecule has 1 aromatic carbocycles. The summed E-state index contributed by atoms with van der Waals surface area (Å²) in [5, 5.41) is 13.1. The lowest BCUT2D eigenvalue weighted by molar-refractivity contribution is -0.147. The van der Waals surface area contributed by atoms with Crippen LogP contribution in [-0.4, -0.2) is 28.3 Å². The van der Waals surface area contributed by atoms with E-state index < -0.39 is 29.1 Å². The van der Waals surface area contributed by atoms with Gasteiger partial charge in [0.05, 0.1) is 0 Å². The molecule has 146 valence electrons. The summed E-state index contributed by atoms with van der Waals surface area (Å²) >= 11 is 9.64. The minimum absolute atomic E-state index is 0.289. The zero-order chi connectivity index (χ0) is 20.1. The van der Waals surface area contributed by atoms with Gasteiger partial charge in [0.15, 0.2) is 0 Å². The number of ether oxygens (including phenoxy) is 1. The standard InChI is InChI=1S/C19H27BrClNO4/c1-6-9-19(16(23)24,22-17(25)26-18(3,4)5)12(2)10-13-7-8-14(20)11-15(13)21/h7-8,11-12H,6,9-10H2,1-5H3,(H,22,25)(H,23,24). The van der Waals surface area contributed by atoms with Crippen molar-refractivity contribution >= 4 is 39.6 Å². The Morgan fingerprint density at radius 3 is 2.42 bits per heavy atom. The van der Waals surface area contributed by atoms with Crippen LogP contribution < -0.4 is 5.32 Å². The van der Waals surface area contributed by atoms with E-state index in [1.54, 1.807) is 33.8 Å². The molecule has 1 rings (SSSR count). The highest BCUT2D eigenvalue weighted by Gasteiger charge is 2.45. The second-order valence-corrected chi connectivity index (χ2v) is 8.82. The van der Waals surface area contributed by atoms with Crippen molar-refractivity contribution in [2.24, 2.45) is 5.92 Å². The van der Waals surface area contributed by atoms with Crippen LogP contribution in [0.2, 0.25) is 5.02 Å². The van der Waals surface area contributed by atoms with E-state index in [-0.39, 0.29) is 6.42 Å². The molecule has 7 heteroatoms. The van der Waals surface area contributed by atoms with E-state index in [0.29, 0.717) is 17.9 Å². The third kappa shape index (κ3) is 6.16. The van der Waals surface area contributed by atoms with Crippen molar-refractivity contribution in [3.8, 4) is 0 Å². The minimum Gasteiger partial charge on any atom is -0.479 e. The highest BCUT2D eigenvalue weighted by molar-refractivity contribution is 9.10. The number of hydrogen-bond acceptors (Lipinski definition) is 3. The molecule has 2 N–H and O–H groups in total. The Morgan fingerprint density at radius 1 is 1.35 bits per heavy atom. The van der Waals surface area contributed by atoms with E-state index in [1.807, 2.05) is 19.1 Å². The first-order valence-corrected chi connectivity index (χ1v) is 9.77. The van der Waals surface area contributed by atoms with Gasteiger partial charge in [0.25, 0.3) is 0 Å². The Labute approximate surface area is 168 Å². The molecule has 0 fully saturated rings. The molecule has 2 atom stereocenters. The van der Waals surface area contributed by atoms with Crippen molar-refractivity contribution in [2.75, 3.05) is 0 Å². The van der Waals surface area contributed by atoms with E-state index in [0.717, 1.165) is 10.0 Å². The quantitative estimate of drug-likeness (QED) is 0.583. The van der Waals surface area contributed by atoms with Gasteiger partial charge in [-0.15, -0.1) is 0 Å². The van der Waals surface area contributed by atoms with Crippen LogP contribution in [0.25, 0.3) is 0 Å². The van der Waals surface area contributed by atoms with Crippen molar-refractivity contribution in [3.05, 3.63) is 33.3 Å². The zero-order valence-electron chi connectivity index (χ0n) is 15.9. The summed E-state index contributed by atoms with van der Waals surface area (Å²) in [6, 6.07) is 5.49. The van der Waals surface area contributed by atoms with E-state index >= 15 is 0 Å². The lowest BCUT2D eigenvalue weighted by Gasteiger charge is -2.36. The van der Waals surface area contributed by atoms with Gasteiger partial charge in [0, 0.05) is 9.50 Å². The fraction of sp³-hybridized carbons (Fsp3) is 0.579. The summed E-state index contributed by atoms with van der Waals surface area (Å²) in [5.74, 6) is -1.47. The van der Waals surface area contributed by atoms with Crippen molar-refractivity contribution in [2.45, 2.75) is 65.0 Å². The summed E-state index contributed by atoms with van der Waals surface area (Å²) in [7, 11) is 0. The smallest absolute Gasteiger partial charge is 0.408 e. The van der Waals surface area contributed by atoms with Gasteiger partial charge >= 0.3 is 12.1 Å². The lowest BCUT2D eigenvalue weighted by Crippen LogP contribution is -2.60. The van der Waals surface area contributed by atoms with Gasteiger partial charge in [0.2, 0.25) is 0 Å². The Kier molecular flexibility index (Phi) is 7.96. The van der Waals surface area contributed by atoms with Crippen LogP contribution in [0.5, 0.6) is 0 Å². The minimum atomic E-state index is -1.44. The fourth-order valence-corrected chi connectivity index (χ4v) is 3.63. The number of carboxylic acids is 1. The van der Waals surface area contributed by atoms with Crippen molar-refractivity contribution in [1.82, 2.24) is 5.32 Å². The third-order valence-electron chi connectivity index (χ3n) is 4.13. The average Bonchev–Trinajstić information content (AvgIpc) is 2.47. The van der Waals surface area contributed by atoms with Crippen LogP contribution in [0, 0.1) is 5.92 Å². The molecular weight excluding hydrogens is 422 g/mol. The second kappa shape index (κ2) is 9.09. The fourth-order valence-electron chi connectivity index (χ4n) is 2.87. The normalized spacial score (nSPS) is 15.0. The third-order valence-corrected chi connectivity index (χ3v) is 4.98. The summed E-state index contributed by atoms with van der Waals surface area (Å²) in [6.07, 6.45) is 0.563. The summed E-state index contributed by atoms with van der Waals surface area (Å²) < 4.78 is 6.13. The molecule has 0 spiro atoms. The molecule has 0 aliphatic carbocycles. The zero-order valence-corrected chi connectivity index (χ0v) is 18.2. The maximum atomic E-state index is 12.3. The largest absolute Gasteiger partial charge is 0.479 e. The molecule has 0 aliphatic rings. The van der Waals surface area contributed by atoms with Crippen molar-refractivity contribution < 1.29 is 19.4 Å². The number of halogens is 2. The molecule has 0 saturated carbocycles. The Morgan fingerprint density at radius 2 is 1.96 bits per heavy atom. The second-order valence-electron chi connectivity index (χ2n) is 7.49. The summed E-state index contributed by atoms with van der Waals surface area (Å²) in [5.41, 5.74) is -1.32. The molecule has 26 heavy (non-hydrogen) atoms. The van der Waals surface area contributed by atoms with Gasteiger partial charge in [-0.3, -0.25) is 0 Å². The SMILES string of the molecule is CCCC(NC(=O)OC(C)(C)C)(C(=O)O)C(C)Cc1ccc(Br)cc1Cl. The van der Waals surface area contributed by atoms with Gasteiger partial charge in [0.1, 0.15) is 11.1 Å². The Balaban J connectivity index is 3.14. The van der Waals surface area contributed by atoms with Crippen LogP contribution in [0.4, 0.5) is 4.79 Å². The van der Waals surface area contributed by atoms with Crippen LogP contribution in [-0.2, 0) is 16.0 Å². The van der Waals surface area contributed by atoms with E-state index in [2.05, 4.69) is 21.2 Å². The van der Waals surface area contributed by atoms with Gasteiger partial charge in [-0.05, 0) is 57.2 Å². The van der Waals surface area contributed by atoms with Crippen LogP contribution in [0.15, 0.2) is 22.7 Å². The molecule has 2 unspecified atom stereocenters. The number of carbonyl (C=O) groups excluding carboxylic acids is 1. The molecule has 0 aromatic heterocycles. The Hall–Kier alpha value is -1.27. The van der Waals surface area contributed by atoms with Gasteiger partial charge in [-0.2, -0.15) is 0 Å². The first kappa shape index (κ1) is 22.8. The monoisotopic (exact) mass is 447 g/mol. The maximum absolute atomic E-state index is 12.3. The van der Waals surface area contributed by atoms with Crippen LogP contribution >= 0.6 is 27.5 Å². The van der Waals surface area contributed by atoms with Crippen molar-refractivity contribution in [1.29, 1.82) is 0 Å². The molecule has 0 aliphatic heterocycles. The first-order chi connectivity index (χ1) is 11.9. The molecule has 1 aromatic rings. The van der Waals surface area contributed by atoms with Gasteiger partial charge in [-0.25, -0.2) is 9.59 Å². The average molecular weight is 449 g/mol. The number of hydrogen-bond donors (Lipinski definition) is 2. The van der Waals surface area contributed by atoms with E-state index in [4.69, 9.17) is 16.3 Å². The van der Waals surface area contributed by atoms with Crippen LogP contribution in [0.1, 0.15) is 53.0 Å². The summed E-state index contributed by atoms with van der Waals surface area (Å²) in [6.45, 7) is 8.90. The topological polar surface area (TPSA) is 75.6 Å². The van der Waals surface area contributed by atoms with E-state index in [9.17, 15) is 14.7 Å². The molecule has 0 heterocycles. The van der Waals surface area contributed by atoms with Gasteiger partial charge < -0.3 is 15.2 Å². The maximum Gasteiger partial charge on any atom is 0.408 e. The predicted molar refractivity (Wildman–Crippen MR) is 107 cm³/mol. The van der Waals surface area contributed by atoms with Gasteiger partial charge in [-0.1, -0.05) is 53.9 Å². The lowest BCUT2D eigenvalue weighted by atomic mass is 9.78. The number of carbonyl (C=O) groups is 2. The van der Waals surface area contributed by atoms with Crippen molar-refractivity contribution in [3.63, 3.8) is 0 Å². The Bertz CT molecular complexity index is 659. The molecule has 0 radical (unpaired) electrons. The summed E-state index contributed by atoms with van der Waals surface area (Å²) in [4.78, 5) is 24.5. The van der Waals surface area contributed by atoms with E-state index in [1.165, 1.54) is 0 Å². The highest BCUT2D eigenvalue weighted by atomic mass is 79.9. The molecular formula is C19H27BrClNO4. The number of benzene rings is 1. The number of alkyl carbamates (subject to hydrolysis) is 1. The predicted octanol–water partition coefficient (Wildman–Crippen LogP) is 5.43. The number of carboxylic acid groups (broad SMARTS) is 1. The highest BCUT2D eigenvalue weighted by Crippen LogP contribution is 2.31. The van der Waals surface area contributed by atoms with Crippen LogP contribution in [0.3, 0.4) is 0 Å². The molecule has 1 amide bonds. The molecule has 5 nitrogen and oxygen atoms in total. The number of amides is 1. The number of aliphatic carboxylic acids is 1. The number of rotatable bonds is 7. The first-order valence-electron chi connectivity index (χ1n) is 8.59.